The number of benzene rings is 2. The predicted octanol–water partition coefficient (Wildman–Crippen LogP) is -1.23. The molecule has 2 rings (SSSR count). The Kier molecular flexibility index (Phi) is 8.75. The minimum Gasteiger partial charge on any atom is -0.861 e. The van der Waals surface area contributed by atoms with E-state index in [1.165, 1.54) is 12.1 Å². The van der Waals surface area contributed by atoms with Crippen LogP contribution in [-0.2, 0) is 20.6 Å². The summed E-state index contributed by atoms with van der Waals surface area (Å²) in [4.78, 5) is 35.5. The molecule has 0 spiro atoms. The van der Waals surface area contributed by atoms with Gasteiger partial charge in [0.15, 0.2) is 0 Å². The fourth-order valence-electron chi connectivity index (χ4n) is 2.62. The molecule has 11 heteroatoms. The first kappa shape index (κ1) is 24.1. The third-order valence-electron chi connectivity index (χ3n) is 4.05. The normalized spacial score (nSPS) is 15.5. The standard InChI is InChI=1S/C20H23N2O8P/c23-18(24)12-11-16(20(26)27)21-19(25)17(13-14-7-3-1-4-8-14)22-31(28,29)30-15-9-5-2-6-10-15/h1-10,16-17H,11-13H2,(H,21,25)(H,23,24)(H,26,27)(H2,22,28,29)/p-3/t16-,17-/m0/s1. The highest BCUT2D eigenvalue weighted by atomic mass is 31.2. The average Bonchev–Trinajstić information content (AvgIpc) is 2.71. The molecule has 0 aromatic heterocycles. The van der Waals surface area contributed by atoms with Gasteiger partial charge in [0, 0.05) is 5.97 Å². The van der Waals surface area contributed by atoms with Crippen LogP contribution in [0.15, 0.2) is 65.7 Å². The summed E-state index contributed by atoms with van der Waals surface area (Å²) in [5.41, 5.74) is 0.600. The summed E-state index contributed by atoms with van der Waals surface area (Å²) in [6, 6.07) is 13.0. The third kappa shape index (κ3) is 8.59. The van der Waals surface area contributed by atoms with Crippen LogP contribution in [0, 0.1) is 0 Å². The molecule has 0 fully saturated rings. The molecule has 2 N–H and O–H groups in total. The monoisotopic (exact) mass is 447 g/mol. The fourth-order valence-corrected chi connectivity index (χ4v) is 3.67. The van der Waals surface area contributed by atoms with Gasteiger partial charge < -0.3 is 34.3 Å². The number of rotatable bonds is 12. The zero-order valence-corrected chi connectivity index (χ0v) is 17.1. The van der Waals surface area contributed by atoms with Crippen molar-refractivity contribution in [1.29, 1.82) is 0 Å². The van der Waals surface area contributed by atoms with E-state index in [1.807, 2.05) is 0 Å². The lowest BCUT2D eigenvalue weighted by Crippen LogP contribution is -2.46. The molecule has 2 aromatic carbocycles. The Hall–Kier alpha value is -3.20. The van der Waals surface area contributed by atoms with Gasteiger partial charge in [0.1, 0.15) is 5.75 Å². The predicted molar refractivity (Wildman–Crippen MR) is 104 cm³/mol. The van der Waals surface area contributed by atoms with Gasteiger partial charge in [0.25, 0.3) is 0 Å². The number of carbonyl (C=O) groups is 2. The van der Waals surface area contributed by atoms with E-state index in [9.17, 15) is 34.4 Å². The van der Waals surface area contributed by atoms with Crippen LogP contribution in [0.3, 0.4) is 0 Å². The number of aliphatic imine (C=N–C) groups is 1. The Morgan fingerprint density at radius 1 is 1.03 bits per heavy atom. The van der Waals surface area contributed by atoms with Crippen molar-refractivity contribution in [3.05, 3.63) is 66.2 Å². The molecule has 0 radical (unpaired) electrons. The number of nitrogens with one attached hydrogen (secondary N) is 1. The molecule has 10 nitrogen and oxygen atoms in total. The summed E-state index contributed by atoms with van der Waals surface area (Å²) < 4.78 is 17.6. The average molecular weight is 447 g/mol. The lowest BCUT2D eigenvalue weighted by atomic mass is 10.1. The Balaban J connectivity index is 2.26. The molecular formula is C20H20N2O8P-3. The van der Waals surface area contributed by atoms with Gasteiger partial charge in [-0.3, -0.25) is 4.99 Å². The van der Waals surface area contributed by atoms with Crippen molar-refractivity contribution >= 4 is 25.6 Å². The van der Waals surface area contributed by atoms with E-state index >= 15 is 0 Å². The van der Waals surface area contributed by atoms with Crippen molar-refractivity contribution in [3.63, 3.8) is 0 Å². The lowest BCUT2D eigenvalue weighted by Gasteiger charge is -2.28. The van der Waals surface area contributed by atoms with Crippen molar-refractivity contribution in [1.82, 2.24) is 5.09 Å². The van der Waals surface area contributed by atoms with Crippen LogP contribution >= 0.6 is 7.75 Å². The molecule has 0 amide bonds. The van der Waals surface area contributed by atoms with Crippen LogP contribution in [0.2, 0.25) is 0 Å². The van der Waals surface area contributed by atoms with Gasteiger partial charge in [-0.05, 0) is 42.9 Å². The molecule has 0 saturated carbocycles. The van der Waals surface area contributed by atoms with Crippen LogP contribution in [0.25, 0.3) is 0 Å². The first-order valence-corrected chi connectivity index (χ1v) is 10.8. The molecular weight excluding hydrogens is 427 g/mol. The number of aliphatic carboxylic acids is 2. The van der Waals surface area contributed by atoms with E-state index in [0.717, 1.165) is 0 Å². The number of carbonyl (C=O) groups excluding carboxylic acids is 2. The maximum Gasteiger partial charge on any atom is 0.456 e. The minimum atomic E-state index is -4.56. The molecule has 2 aromatic rings. The van der Waals surface area contributed by atoms with Crippen LogP contribution in [0.5, 0.6) is 5.75 Å². The van der Waals surface area contributed by atoms with E-state index < -0.39 is 50.5 Å². The Labute approximate surface area is 178 Å². The summed E-state index contributed by atoms with van der Waals surface area (Å²) in [7, 11) is -4.56. The minimum absolute atomic E-state index is 0.0743. The highest BCUT2D eigenvalue weighted by Crippen LogP contribution is 2.39. The zero-order chi connectivity index (χ0) is 22.9. The van der Waals surface area contributed by atoms with E-state index in [0.29, 0.717) is 5.56 Å². The number of hydrogen-bond acceptors (Lipinski definition) is 8. The van der Waals surface area contributed by atoms with Crippen molar-refractivity contribution in [2.75, 3.05) is 0 Å². The molecule has 166 valence electrons. The van der Waals surface area contributed by atoms with Gasteiger partial charge in [-0.25, -0.2) is 9.65 Å². The molecule has 0 bridgehead atoms. The van der Waals surface area contributed by atoms with Crippen LogP contribution in [0.1, 0.15) is 18.4 Å². The number of nitrogens with zero attached hydrogens (tertiary/aromatic N) is 1. The van der Waals surface area contributed by atoms with Gasteiger partial charge in [0.05, 0.1) is 18.1 Å². The van der Waals surface area contributed by atoms with Crippen LogP contribution in [0.4, 0.5) is 0 Å². The smallest absolute Gasteiger partial charge is 0.456 e. The highest BCUT2D eigenvalue weighted by Gasteiger charge is 2.27. The van der Waals surface area contributed by atoms with E-state index in [-0.39, 0.29) is 12.2 Å². The van der Waals surface area contributed by atoms with Crippen molar-refractivity contribution in [2.24, 2.45) is 4.99 Å². The second-order valence-electron chi connectivity index (χ2n) is 6.51. The molecule has 1 unspecified atom stereocenters. The maximum absolute atomic E-state index is 12.7. The molecule has 0 saturated heterocycles. The first-order valence-electron chi connectivity index (χ1n) is 9.21. The van der Waals surface area contributed by atoms with E-state index in [4.69, 9.17) is 4.52 Å². The SMILES string of the molecule is O=C([O-])CC[C@H](N=C([O-])[C@H](Cc1ccccc1)NP(=O)(O)Oc1ccccc1)C(=O)[O-]. The van der Waals surface area contributed by atoms with Gasteiger partial charge in [-0.15, -0.1) is 0 Å². The summed E-state index contributed by atoms with van der Waals surface area (Å²) in [5, 5.41) is 36.7. The molecule has 0 aliphatic rings. The molecule has 0 aliphatic carbocycles. The third-order valence-corrected chi connectivity index (χ3v) is 5.15. The summed E-state index contributed by atoms with van der Waals surface area (Å²) in [5.74, 6) is -4.25. The maximum atomic E-state index is 12.7. The van der Waals surface area contributed by atoms with Crippen LogP contribution < -0.4 is 24.9 Å². The zero-order valence-electron chi connectivity index (χ0n) is 16.2. The van der Waals surface area contributed by atoms with E-state index in [2.05, 4.69) is 10.1 Å². The fraction of sp³-hybridized carbons (Fsp3) is 0.250. The highest BCUT2D eigenvalue weighted by molar-refractivity contribution is 7.51. The van der Waals surface area contributed by atoms with Gasteiger partial charge in [-0.2, -0.15) is 0 Å². The van der Waals surface area contributed by atoms with Crippen molar-refractivity contribution < 1.29 is 38.9 Å². The summed E-state index contributed by atoms with van der Waals surface area (Å²) >= 11 is 0. The largest absolute Gasteiger partial charge is 0.861 e. The lowest BCUT2D eigenvalue weighted by molar-refractivity contribution is -0.309. The van der Waals surface area contributed by atoms with Crippen molar-refractivity contribution in [3.8, 4) is 5.75 Å². The molecule has 3 atom stereocenters. The van der Waals surface area contributed by atoms with Crippen molar-refractivity contribution in [2.45, 2.75) is 31.3 Å². The number of para-hydroxylation sites is 1. The van der Waals surface area contributed by atoms with Crippen LogP contribution in [-0.4, -0.2) is 34.8 Å². The Morgan fingerprint density at radius 2 is 1.61 bits per heavy atom. The van der Waals surface area contributed by atoms with Gasteiger partial charge in [-0.1, -0.05) is 48.5 Å². The van der Waals surface area contributed by atoms with Gasteiger partial charge in [0.2, 0.25) is 0 Å². The quantitative estimate of drug-likeness (QED) is 0.229. The number of carboxylic acids is 2. The molecule has 31 heavy (non-hydrogen) atoms. The van der Waals surface area contributed by atoms with Gasteiger partial charge >= 0.3 is 7.75 Å². The first-order chi connectivity index (χ1) is 14.7. The summed E-state index contributed by atoms with van der Waals surface area (Å²) in [6.07, 6.45) is -1.28. The Bertz CT molecular complexity index is 952. The number of carboxylic acid groups (broad SMARTS) is 2. The topological polar surface area (TPSA) is 174 Å². The second-order valence-corrected chi connectivity index (χ2v) is 7.99. The summed E-state index contributed by atoms with van der Waals surface area (Å²) in [6.45, 7) is 0. The van der Waals surface area contributed by atoms with E-state index in [1.54, 1.807) is 48.5 Å². The number of hydrogen-bond donors (Lipinski definition) is 2. The second kappa shape index (κ2) is 11.3. The molecule has 0 heterocycles. The Morgan fingerprint density at radius 3 is 2.16 bits per heavy atom. The molecule has 0 aliphatic heterocycles.